The van der Waals surface area contributed by atoms with E-state index in [0.29, 0.717) is 0 Å². The smallest absolute Gasteiger partial charge is 0.128 e. The topological polar surface area (TPSA) is 49.6 Å². The number of hydrogen-bond donors (Lipinski definition) is 0. The van der Waals surface area contributed by atoms with Gasteiger partial charge in [-0.1, -0.05) is 52.4 Å². The molecular weight excluding hydrogens is 294 g/mol. The van der Waals surface area contributed by atoms with Gasteiger partial charge in [0.05, 0.1) is 11.5 Å². The van der Waals surface area contributed by atoms with Crippen LogP contribution < -0.4 is 0 Å². The molecule has 0 radical (unpaired) electrons. The maximum atomic E-state index is 9.83. The molecule has 0 amide bonds. The monoisotopic (exact) mass is 327 g/mol. The van der Waals surface area contributed by atoms with Gasteiger partial charge in [0.1, 0.15) is 5.82 Å². The zero-order chi connectivity index (χ0) is 17.3. The van der Waals surface area contributed by atoms with Crippen LogP contribution in [0.4, 0.5) is 0 Å². The highest BCUT2D eigenvalue weighted by atomic mass is 14.9. The predicted molar refractivity (Wildman–Crippen MR) is 98.7 cm³/mol. The van der Waals surface area contributed by atoms with E-state index in [2.05, 4.69) is 29.9 Å². The lowest BCUT2D eigenvalue weighted by Gasteiger charge is -2.35. The van der Waals surface area contributed by atoms with Crippen LogP contribution in [0.3, 0.4) is 0 Å². The highest BCUT2D eigenvalue weighted by molar-refractivity contribution is 5.29. The van der Waals surface area contributed by atoms with E-state index in [9.17, 15) is 5.26 Å². The van der Waals surface area contributed by atoms with Gasteiger partial charge < -0.3 is 0 Å². The van der Waals surface area contributed by atoms with Crippen LogP contribution >= 0.6 is 0 Å². The molecule has 3 heteroatoms. The van der Waals surface area contributed by atoms with E-state index in [4.69, 9.17) is 0 Å². The Bertz CT molecular complexity index is 507. The Kier molecular flexibility index (Phi) is 7.69. The number of aromatic nitrogens is 2. The van der Waals surface area contributed by atoms with Gasteiger partial charge in [-0.05, 0) is 38.0 Å². The first-order valence-electron chi connectivity index (χ1n) is 9.96. The first kappa shape index (κ1) is 18.9. The van der Waals surface area contributed by atoms with Gasteiger partial charge in [-0.3, -0.25) is 0 Å². The number of aryl methyl sites for hydroxylation is 1. The summed E-state index contributed by atoms with van der Waals surface area (Å²) in [4.78, 5) is 9.02. The van der Waals surface area contributed by atoms with Gasteiger partial charge in [0.2, 0.25) is 0 Å². The second-order valence-electron chi connectivity index (χ2n) is 7.48. The molecule has 0 saturated heterocycles. The van der Waals surface area contributed by atoms with Crippen molar-refractivity contribution in [2.24, 2.45) is 5.92 Å². The zero-order valence-corrected chi connectivity index (χ0v) is 15.6. The van der Waals surface area contributed by atoms with Gasteiger partial charge in [-0.2, -0.15) is 5.26 Å². The fourth-order valence-electron chi connectivity index (χ4n) is 3.85. The van der Waals surface area contributed by atoms with Crippen molar-refractivity contribution < 1.29 is 0 Å². The van der Waals surface area contributed by atoms with E-state index in [-0.39, 0.29) is 5.41 Å². The van der Waals surface area contributed by atoms with Crippen LogP contribution in [0.15, 0.2) is 12.4 Å². The summed E-state index contributed by atoms with van der Waals surface area (Å²) in [5.74, 6) is 1.73. The highest BCUT2D eigenvalue weighted by Crippen LogP contribution is 2.42. The fourth-order valence-corrected chi connectivity index (χ4v) is 3.85. The molecule has 1 aromatic rings. The molecule has 0 N–H and O–H groups in total. The van der Waals surface area contributed by atoms with E-state index < -0.39 is 0 Å². The number of nitriles is 1. The maximum Gasteiger partial charge on any atom is 0.128 e. The van der Waals surface area contributed by atoms with Crippen molar-refractivity contribution in [2.45, 2.75) is 96.3 Å². The predicted octanol–water partition coefficient (Wildman–Crippen LogP) is 5.74. The Balaban J connectivity index is 1.90. The Morgan fingerprint density at radius 2 is 1.71 bits per heavy atom. The van der Waals surface area contributed by atoms with E-state index >= 15 is 0 Å². The van der Waals surface area contributed by atoms with Crippen LogP contribution in [-0.2, 0) is 11.8 Å². The summed E-state index contributed by atoms with van der Waals surface area (Å²) in [6, 6.07) is 2.61. The minimum atomic E-state index is -0.344. The van der Waals surface area contributed by atoms with E-state index in [1.807, 2.05) is 12.4 Å². The third-order valence-electron chi connectivity index (χ3n) is 5.65. The molecule has 0 unspecified atom stereocenters. The molecule has 132 valence electrons. The van der Waals surface area contributed by atoms with Gasteiger partial charge in [0, 0.05) is 24.4 Å². The summed E-state index contributed by atoms with van der Waals surface area (Å²) in [6.45, 7) is 4.44. The number of unbranched alkanes of at least 4 members (excludes halogenated alkanes) is 4. The molecule has 0 bridgehead atoms. The Hall–Kier alpha value is -1.43. The summed E-state index contributed by atoms with van der Waals surface area (Å²) in [5.41, 5.74) is 0.693. The first-order chi connectivity index (χ1) is 11.7. The first-order valence-corrected chi connectivity index (χ1v) is 9.96. The second kappa shape index (κ2) is 9.77. The van der Waals surface area contributed by atoms with Crippen LogP contribution in [0.1, 0.15) is 95.9 Å². The molecule has 1 fully saturated rings. The van der Waals surface area contributed by atoms with Crippen LogP contribution in [0.2, 0.25) is 0 Å². The SMILES string of the molecule is CCCCCC[C@H]1CC[C@@](C#N)(c2cnc(CCCC)nc2)CC1. The molecule has 24 heavy (non-hydrogen) atoms. The third-order valence-corrected chi connectivity index (χ3v) is 5.65. The van der Waals surface area contributed by atoms with E-state index in [0.717, 1.165) is 49.4 Å². The van der Waals surface area contributed by atoms with Gasteiger partial charge >= 0.3 is 0 Å². The van der Waals surface area contributed by atoms with Crippen molar-refractivity contribution in [1.29, 1.82) is 5.26 Å². The lowest BCUT2D eigenvalue weighted by atomic mass is 9.67. The van der Waals surface area contributed by atoms with Crippen molar-refractivity contribution >= 4 is 0 Å². The van der Waals surface area contributed by atoms with Crippen LogP contribution in [-0.4, -0.2) is 9.97 Å². The molecule has 0 spiro atoms. The van der Waals surface area contributed by atoms with Gasteiger partial charge in [-0.25, -0.2) is 9.97 Å². The lowest BCUT2D eigenvalue weighted by molar-refractivity contribution is 0.260. The molecule has 3 nitrogen and oxygen atoms in total. The molecule has 2 rings (SSSR count). The molecule has 0 aromatic carbocycles. The zero-order valence-electron chi connectivity index (χ0n) is 15.6. The Morgan fingerprint density at radius 3 is 2.29 bits per heavy atom. The van der Waals surface area contributed by atoms with Gasteiger partial charge in [-0.15, -0.1) is 0 Å². The summed E-state index contributed by atoms with van der Waals surface area (Å²) < 4.78 is 0. The molecule has 0 aliphatic heterocycles. The summed E-state index contributed by atoms with van der Waals surface area (Å²) in [6.07, 6.45) is 18.1. The average molecular weight is 328 g/mol. The molecule has 1 aromatic heterocycles. The number of hydrogen-bond acceptors (Lipinski definition) is 3. The van der Waals surface area contributed by atoms with Crippen LogP contribution in [0.5, 0.6) is 0 Å². The van der Waals surface area contributed by atoms with Crippen LogP contribution in [0, 0.1) is 17.2 Å². The van der Waals surface area contributed by atoms with E-state index in [1.54, 1.807) is 0 Å². The minimum Gasteiger partial charge on any atom is -0.241 e. The summed E-state index contributed by atoms with van der Waals surface area (Å²) in [7, 11) is 0. The average Bonchev–Trinajstić information content (AvgIpc) is 2.64. The third kappa shape index (κ3) is 5.03. The quantitative estimate of drug-likeness (QED) is 0.543. The largest absolute Gasteiger partial charge is 0.241 e. The summed E-state index contributed by atoms with van der Waals surface area (Å²) >= 11 is 0. The van der Waals surface area contributed by atoms with Crippen molar-refractivity contribution in [3.8, 4) is 6.07 Å². The molecule has 1 aliphatic rings. The Morgan fingerprint density at radius 1 is 1.04 bits per heavy atom. The molecule has 1 saturated carbocycles. The second-order valence-corrected chi connectivity index (χ2v) is 7.48. The highest BCUT2D eigenvalue weighted by Gasteiger charge is 2.37. The Labute approximate surface area is 147 Å². The maximum absolute atomic E-state index is 9.83. The normalized spacial score (nSPS) is 23.8. The fraction of sp³-hybridized carbons (Fsp3) is 0.762. The molecule has 1 aliphatic carbocycles. The van der Waals surface area contributed by atoms with Gasteiger partial charge in [0.15, 0.2) is 0 Å². The van der Waals surface area contributed by atoms with Crippen molar-refractivity contribution in [3.63, 3.8) is 0 Å². The van der Waals surface area contributed by atoms with Crippen molar-refractivity contribution in [1.82, 2.24) is 9.97 Å². The van der Waals surface area contributed by atoms with Crippen molar-refractivity contribution in [3.05, 3.63) is 23.8 Å². The molecular formula is C21H33N3. The number of rotatable bonds is 9. The van der Waals surface area contributed by atoms with Crippen molar-refractivity contribution in [2.75, 3.05) is 0 Å². The number of nitrogens with zero attached hydrogens (tertiary/aromatic N) is 3. The van der Waals surface area contributed by atoms with E-state index in [1.165, 1.54) is 44.9 Å². The van der Waals surface area contributed by atoms with Gasteiger partial charge in [0.25, 0.3) is 0 Å². The molecule has 0 atom stereocenters. The molecule has 1 heterocycles. The standard InChI is InChI=1S/C21H33N3/c1-3-5-7-8-9-18-11-13-21(17-22,14-12-18)19-15-23-20(24-16-19)10-6-4-2/h15-16,18H,3-14H2,1-2H3/t18-,21+. The summed E-state index contributed by atoms with van der Waals surface area (Å²) in [5, 5.41) is 9.83. The lowest BCUT2D eigenvalue weighted by Crippen LogP contribution is -2.30. The van der Waals surface area contributed by atoms with Crippen LogP contribution in [0.25, 0.3) is 0 Å². The minimum absolute atomic E-state index is 0.344.